The van der Waals surface area contributed by atoms with Gasteiger partial charge < -0.3 is 10.6 Å². The number of nitrogens with zero attached hydrogens (tertiary/aromatic N) is 2. The average molecular weight is 255 g/mol. The number of aromatic nitrogens is 2. The monoisotopic (exact) mass is 254 g/mol. The minimum absolute atomic E-state index is 0.00600. The minimum Gasteiger partial charge on any atom is -0.317 e. The lowest BCUT2D eigenvalue weighted by Crippen LogP contribution is -2.30. The third-order valence-corrected chi connectivity index (χ3v) is 3.03. The Hall–Kier alpha value is -1.20. The number of halogens is 1. The van der Waals surface area contributed by atoms with Crippen LogP contribution in [0.1, 0.15) is 19.3 Å². The molecular weight excluding hydrogens is 240 g/mol. The predicted molar refractivity (Wildman–Crippen MR) is 65.9 cm³/mol. The molecule has 0 radical (unpaired) electrons. The molecule has 0 bridgehead atoms. The van der Waals surface area contributed by atoms with Gasteiger partial charge in [-0.15, -0.1) is 10.2 Å². The van der Waals surface area contributed by atoms with Gasteiger partial charge in [0.15, 0.2) is 11.0 Å². The summed E-state index contributed by atoms with van der Waals surface area (Å²) in [5.74, 6) is 0.915. The summed E-state index contributed by atoms with van der Waals surface area (Å²) in [6, 6.07) is 3.25. The summed E-state index contributed by atoms with van der Waals surface area (Å²) in [6.45, 7) is 2.00. The quantitative estimate of drug-likeness (QED) is 0.857. The van der Waals surface area contributed by atoms with Crippen molar-refractivity contribution in [3.8, 4) is 0 Å². The Morgan fingerprint density at radius 3 is 2.82 bits per heavy atom. The van der Waals surface area contributed by atoms with E-state index in [4.69, 9.17) is 11.6 Å². The van der Waals surface area contributed by atoms with E-state index >= 15 is 0 Å². The Kier molecular flexibility index (Phi) is 4.28. The number of anilines is 1. The molecule has 0 saturated carbocycles. The molecule has 17 heavy (non-hydrogen) atoms. The molecule has 1 aliphatic rings. The maximum atomic E-state index is 11.7. The highest BCUT2D eigenvalue weighted by molar-refractivity contribution is 6.29. The van der Waals surface area contributed by atoms with Crippen molar-refractivity contribution < 1.29 is 4.79 Å². The van der Waals surface area contributed by atoms with Gasteiger partial charge in [-0.2, -0.15) is 0 Å². The van der Waals surface area contributed by atoms with Crippen LogP contribution in [0.5, 0.6) is 0 Å². The minimum atomic E-state index is -0.00600. The van der Waals surface area contributed by atoms with E-state index in [1.165, 1.54) is 0 Å². The summed E-state index contributed by atoms with van der Waals surface area (Å²) < 4.78 is 0. The molecular formula is C11H15ClN4O. The second kappa shape index (κ2) is 5.93. The van der Waals surface area contributed by atoms with Crippen LogP contribution in [0, 0.1) is 5.92 Å². The molecule has 1 aromatic heterocycles. The first-order valence-corrected chi connectivity index (χ1v) is 6.11. The topological polar surface area (TPSA) is 66.9 Å². The van der Waals surface area contributed by atoms with Gasteiger partial charge in [-0.25, -0.2) is 0 Å². The SMILES string of the molecule is O=C(CC1CCNCC1)Nc1ccc(Cl)nn1. The molecule has 0 aromatic carbocycles. The normalized spacial score (nSPS) is 16.8. The van der Waals surface area contributed by atoms with Gasteiger partial charge in [0.05, 0.1) is 0 Å². The number of carbonyl (C=O) groups is 1. The van der Waals surface area contributed by atoms with Crippen molar-refractivity contribution in [2.24, 2.45) is 5.92 Å². The number of hydrogen-bond donors (Lipinski definition) is 2. The van der Waals surface area contributed by atoms with Gasteiger partial charge in [-0.05, 0) is 44.0 Å². The van der Waals surface area contributed by atoms with E-state index in [9.17, 15) is 4.79 Å². The number of carbonyl (C=O) groups excluding carboxylic acids is 1. The first-order chi connectivity index (χ1) is 8.24. The summed E-state index contributed by atoms with van der Waals surface area (Å²) >= 11 is 5.61. The fourth-order valence-corrected chi connectivity index (χ4v) is 2.03. The molecule has 2 N–H and O–H groups in total. The highest BCUT2D eigenvalue weighted by Gasteiger charge is 2.16. The summed E-state index contributed by atoms with van der Waals surface area (Å²) in [6.07, 6.45) is 2.66. The van der Waals surface area contributed by atoms with Gasteiger partial charge in [0.2, 0.25) is 5.91 Å². The second-order valence-electron chi connectivity index (χ2n) is 4.19. The zero-order valence-electron chi connectivity index (χ0n) is 9.45. The lowest BCUT2D eigenvalue weighted by molar-refractivity contribution is -0.117. The van der Waals surface area contributed by atoms with Crippen molar-refractivity contribution in [3.05, 3.63) is 17.3 Å². The molecule has 6 heteroatoms. The highest BCUT2D eigenvalue weighted by atomic mass is 35.5. The first kappa shape index (κ1) is 12.3. The molecule has 0 atom stereocenters. The van der Waals surface area contributed by atoms with E-state index in [1.54, 1.807) is 12.1 Å². The van der Waals surface area contributed by atoms with Gasteiger partial charge in [0, 0.05) is 6.42 Å². The molecule has 1 fully saturated rings. The number of hydrogen-bond acceptors (Lipinski definition) is 4. The van der Waals surface area contributed by atoms with E-state index in [2.05, 4.69) is 20.8 Å². The molecule has 0 spiro atoms. The molecule has 0 unspecified atom stereocenters. The van der Waals surface area contributed by atoms with Gasteiger partial charge in [-0.3, -0.25) is 4.79 Å². The predicted octanol–water partition coefficient (Wildman–Crippen LogP) is 1.46. The maximum absolute atomic E-state index is 11.7. The Balaban J connectivity index is 1.82. The zero-order valence-corrected chi connectivity index (χ0v) is 10.2. The lowest BCUT2D eigenvalue weighted by Gasteiger charge is -2.21. The summed E-state index contributed by atoms with van der Waals surface area (Å²) in [5.41, 5.74) is 0. The third kappa shape index (κ3) is 3.94. The van der Waals surface area contributed by atoms with Crippen molar-refractivity contribution in [3.63, 3.8) is 0 Å². The van der Waals surface area contributed by atoms with Crippen molar-refractivity contribution in [1.29, 1.82) is 0 Å². The van der Waals surface area contributed by atoms with E-state index in [1.807, 2.05) is 0 Å². The average Bonchev–Trinajstić information content (AvgIpc) is 2.33. The summed E-state index contributed by atoms with van der Waals surface area (Å²) in [5, 5.41) is 13.8. The maximum Gasteiger partial charge on any atom is 0.225 e. The number of nitrogens with one attached hydrogen (secondary N) is 2. The van der Waals surface area contributed by atoms with Crippen molar-refractivity contribution in [1.82, 2.24) is 15.5 Å². The Labute approximate surface area is 105 Å². The van der Waals surface area contributed by atoms with Gasteiger partial charge in [0.25, 0.3) is 0 Å². The van der Waals surface area contributed by atoms with Crippen LogP contribution in [0.25, 0.3) is 0 Å². The van der Waals surface area contributed by atoms with Crippen LogP contribution in [-0.4, -0.2) is 29.2 Å². The van der Waals surface area contributed by atoms with Crippen LogP contribution in [-0.2, 0) is 4.79 Å². The number of piperidine rings is 1. The molecule has 1 saturated heterocycles. The van der Waals surface area contributed by atoms with Crippen molar-refractivity contribution in [2.75, 3.05) is 18.4 Å². The Morgan fingerprint density at radius 1 is 1.41 bits per heavy atom. The molecule has 1 amide bonds. The van der Waals surface area contributed by atoms with Gasteiger partial charge in [0.1, 0.15) is 0 Å². The summed E-state index contributed by atoms with van der Waals surface area (Å²) in [7, 11) is 0. The zero-order chi connectivity index (χ0) is 12.1. The molecule has 92 valence electrons. The van der Waals surface area contributed by atoms with Crippen molar-refractivity contribution >= 4 is 23.3 Å². The number of rotatable bonds is 3. The van der Waals surface area contributed by atoms with Crippen LogP contribution in [0.2, 0.25) is 5.15 Å². The highest BCUT2D eigenvalue weighted by Crippen LogP contribution is 2.16. The third-order valence-electron chi connectivity index (χ3n) is 2.83. The van der Waals surface area contributed by atoms with Crippen LogP contribution < -0.4 is 10.6 Å². The standard InChI is InChI=1S/C11H15ClN4O/c12-9-1-2-10(16-15-9)14-11(17)7-8-3-5-13-6-4-8/h1-2,8,13H,3-7H2,(H,14,16,17). The molecule has 1 aromatic rings. The van der Waals surface area contributed by atoms with E-state index in [0.29, 0.717) is 23.3 Å². The van der Waals surface area contributed by atoms with E-state index in [-0.39, 0.29) is 5.91 Å². The fourth-order valence-electron chi connectivity index (χ4n) is 1.92. The van der Waals surface area contributed by atoms with E-state index in [0.717, 1.165) is 25.9 Å². The smallest absolute Gasteiger partial charge is 0.225 e. The van der Waals surface area contributed by atoms with Crippen LogP contribution in [0.4, 0.5) is 5.82 Å². The Bertz CT molecular complexity index is 376. The molecule has 2 heterocycles. The molecule has 5 nitrogen and oxygen atoms in total. The second-order valence-corrected chi connectivity index (χ2v) is 4.57. The fraction of sp³-hybridized carbons (Fsp3) is 0.545. The largest absolute Gasteiger partial charge is 0.317 e. The first-order valence-electron chi connectivity index (χ1n) is 5.74. The molecule has 0 aliphatic carbocycles. The van der Waals surface area contributed by atoms with Gasteiger partial charge >= 0.3 is 0 Å². The molecule has 2 rings (SSSR count). The van der Waals surface area contributed by atoms with Gasteiger partial charge in [-0.1, -0.05) is 11.6 Å². The van der Waals surface area contributed by atoms with E-state index < -0.39 is 0 Å². The Morgan fingerprint density at radius 2 is 2.18 bits per heavy atom. The number of amides is 1. The van der Waals surface area contributed by atoms with Crippen LogP contribution >= 0.6 is 11.6 Å². The van der Waals surface area contributed by atoms with Crippen molar-refractivity contribution in [2.45, 2.75) is 19.3 Å². The lowest BCUT2D eigenvalue weighted by atomic mass is 9.94. The summed E-state index contributed by atoms with van der Waals surface area (Å²) in [4.78, 5) is 11.7. The van der Waals surface area contributed by atoms with Crippen LogP contribution in [0.15, 0.2) is 12.1 Å². The molecule has 1 aliphatic heterocycles. The van der Waals surface area contributed by atoms with Crippen LogP contribution in [0.3, 0.4) is 0 Å².